The summed E-state index contributed by atoms with van der Waals surface area (Å²) in [6.45, 7) is 0. The van der Waals surface area contributed by atoms with Gasteiger partial charge in [0.15, 0.2) is 15.6 Å². The first-order valence-corrected chi connectivity index (χ1v) is 10.6. The SMILES string of the molecule is CS(=O)(=O)c1cccc(NC(=O)c2cc(-c3ccco3)nn2-c2ccccc2)c1. The van der Waals surface area contributed by atoms with E-state index in [-0.39, 0.29) is 10.6 Å². The summed E-state index contributed by atoms with van der Waals surface area (Å²) in [5.74, 6) is 0.109. The third kappa shape index (κ3) is 3.97. The molecular formula is C21H17N3O4S. The van der Waals surface area contributed by atoms with E-state index in [1.807, 2.05) is 30.3 Å². The number of amides is 1. The van der Waals surface area contributed by atoms with E-state index in [9.17, 15) is 13.2 Å². The number of nitrogens with zero attached hydrogens (tertiary/aromatic N) is 2. The normalized spacial score (nSPS) is 11.3. The second-order valence-electron chi connectivity index (χ2n) is 6.39. The number of rotatable bonds is 5. The highest BCUT2D eigenvalue weighted by Gasteiger charge is 2.19. The van der Waals surface area contributed by atoms with Crippen LogP contribution in [0, 0.1) is 0 Å². The molecule has 1 amide bonds. The lowest BCUT2D eigenvalue weighted by Gasteiger charge is -2.09. The van der Waals surface area contributed by atoms with Crippen molar-refractivity contribution in [3.63, 3.8) is 0 Å². The smallest absolute Gasteiger partial charge is 0.274 e. The van der Waals surface area contributed by atoms with E-state index >= 15 is 0 Å². The molecule has 0 aliphatic rings. The molecule has 8 heteroatoms. The molecule has 0 bridgehead atoms. The van der Waals surface area contributed by atoms with Gasteiger partial charge < -0.3 is 9.73 Å². The van der Waals surface area contributed by atoms with Gasteiger partial charge in [0, 0.05) is 18.0 Å². The number of anilines is 1. The maximum atomic E-state index is 13.0. The van der Waals surface area contributed by atoms with Gasteiger partial charge in [-0.1, -0.05) is 24.3 Å². The van der Waals surface area contributed by atoms with Crippen LogP contribution in [0.1, 0.15) is 10.5 Å². The Morgan fingerprint density at radius 3 is 2.48 bits per heavy atom. The van der Waals surface area contributed by atoms with Gasteiger partial charge in [-0.05, 0) is 42.5 Å². The van der Waals surface area contributed by atoms with Crippen LogP contribution in [0.4, 0.5) is 5.69 Å². The molecule has 4 aromatic rings. The van der Waals surface area contributed by atoms with Gasteiger partial charge in [-0.2, -0.15) is 5.10 Å². The summed E-state index contributed by atoms with van der Waals surface area (Å²) in [4.78, 5) is 13.1. The Morgan fingerprint density at radius 2 is 1.79 bits per heavy atom. The van der Waals surface area contributed by atoms with E-state index in [1.165, 1.54) is 23.1 Å². The van der Waals surface area contributed by atoms with Crippen LogP contribution in [0.2, 0.25) is 0 Å². The first-order chi connectivity index (χ1) is 13.9. The minimum Gasteiger partial charge on any atom is -0.463 e. The zero-order valence-electron chi connectivity index (χ0n) is 15.4. The summed E-state index contributed by atoms with van der Waals surface area (Å²) >= 11 is 0. The molecule has 0 aliphatic heterocycles. The number of para-hydroxylation sites is 1. The zero-order chi connectivity index (χ0) is 20.4. The second-order valence-corrected chi connectivity index (χ2v) is 8.41. The molecule has 0 unspecified atom stereocenters. The monoisotopic (exact) mass is 407 g/mol. The summed E-state index contributed by atoms with van der Waals surface area (Å²) in [5.41, 5.74) is 1.87. The Labute approximate surface area is 167 Å². The Kier molecular flexibility index (Phi) is 4.77. The van der Waals surface area contributed by atoms with Crippen LogP contribution in [-0.2, 0) is 9.84 Å². The molecule has 0 saturated carbocycles. The molecule has 2 aromatic heterocycles. The van der Waals surface area contributed by atoms with E-state index < -0.39 is 15.7 Å². The van der Waals surface area contributed by atoms with E-state index in [0.29, 0.717) is 22.8 Å². The number of sulfone groups is 1. The van der Waals surface area contributed by atoms with Crippen LogP contribution in [0.3, 0.4) is 0 Å². The number of hydrogen-bond donors (Lipinski definition) is 1. The lowest BCUT2D eigenvalue weighted by Crippen LogP contribution is -2.17. The number of benzene rings is 2. The molecule has 0 aliphatic carbocycles. The number of carbonyl (C=O) groups excluding carboxylic acids is 1. The van der Waals surface area contributed by atoms with Crippen LogP contribution >= 0.6 is 0 Å². The van der Waals surface area contributed by atoms with Gasteiger partial charge in [0.2, 0.25) is 0 Å². The topological polar surface area (TPSA) is 94.2 Å². The summed E-state index contributed by atoms with van der Waals surface area (Å²) < 4.78 is 30.5. The number of hydrogen-bond acceptors (Lipinski definition) is 5. The number of carbonyl (C=O) groups is 1. The Bertz CT molecular complexity index is 1260. The molecule has 0 spiro atoms. The fourth-order valence-corrected chi connectivity index (χ4v) is 3.52. The van der Waals surface area contributed by atoms with Crippen molar-refractivity contribution in [2.45, 2.75) is 4.90 Å². The molecular weight excluding hydrogens is 390 g/mol. The highest BCUT2D eigenvalue weighted by Crippen LogP contribution is 2.23. The van der Waals surface area contributed by atoms with Crippen LogP contribution in [-0.4, -0.2) is 30.4 Å². The minimum absolute atomic E-state index is 0.128. The van der Waals surface area contributed by atoms with Crippen LogP contribution < -0.4 is 5.32 Å². The average molecular weight is 407 g/mol. The summed E-state index contributed by atoms with van der Waals surface area (Å²) in [6.07, 6.45) is 2.65. The predicted octanol–water partition coefficient (Wildman–Crippen LogP) is 3.79. The van der Waals surface area contributed by atoms with E-state index in [4.69, 9.17) is 4.42 Å². The van der Waals surface area contributed by atoms with E-state index in [0.717, 1.165) is 6.26 Å². The number of nitrogens with one attached hydrogen (secondary N) is 1. The summed E-state index contributed by atoms with van der Waals surface area (Å²) in [5, 5.41) is 7.25. The van der Waals surface area contributed by atoms with Gasteiger partial charge in [-0.15, -0.1) is 0 Å². The second kappa shape index (κ2) is 7.40. The molecule has 2 aromatic carbocycles. The van der Waals surface area contributed by atoms with Gasteiger partial charge in [0.05, 0.1) is 16.8 Å². The molecule has 4 rings (SSSR count). The molecule has 0 saturated heterocycles. The number of aromatic nitrogens is 2. The van der Waals surface area contributed by atoms with Crippen molar-refractivity contribution < 1.29 is 17.6 Å². The maximum absolute atomic E-state index is 13.0. The fraction of sp³-hybridized carbons (Fsp3) is 0.0476. The molecule has 2 heterocycles. The van der Waals surface area contributed by atoms with Gasteiger partial charge in [-0.25, -0.2) is 13.1 Å². The molecule has 29 heavy (non-hydrogen) atoms. The van der Waals surface area contributed by atoms with Gasteiger partial charge in [0.1, 0.15) is 11.4 Å². The maximum Gasteiger partial charge on any atom is 0.274 e. The van der Waals surface area contributed by atoms with Crippen molar-refractivity contribution in [3.05, 3.63) is 84.8 Å². The first kappa shape index (κ1) is 18.7. The van der Waals surface area contributed by atoms with E-state index in [1.54, 1.807) is 30.3 Å². The first-order valence-electron chi connectivity index (χ1n) is 8.73. The quantitative estimate of drug-likeness (QED) is 0.543. The lowest BCUT2D eigenvalue weighted by atomic mass is 10.2. The van der Waals surface area contributed by atoms with Crippen LogP contribution in [0.5, 0.6) is 0 Å². The molecule has 0 fully saturated rings. The molecule has 7 nitrogen and oxygen atoms in total. The lowest BCUT2D eigenvalue weighted by molar-refractivity contribution is 0.101. The predicted molar refractivity (Wildman–Crippen MR) is 109 cm³/mol. The summed E-state index contributed by atoms with van der Waals surface area (Å²) in [7, 11) is -3.38. The van der Waals surface area contributed by atoms with Crippen molar-refractivity contribution in [1.29, 1.82) is 0 Å². The third-order valence-electron chi connectivity index (χ3n) is 4.24. The van der Waals surface area contributed by atoms with Gasteiger partial charge in [0.25, 0.3) is 5.91 Å². The van der Waals surface area contributed by atoms with Crippen LogP contribution in [0.15, 0.2) is 88.4 Å². The van der Waals surface area contributed by atoms with Crippen molar-refractivity contribution >= 4 is 21.4 Å². The Morgan fingerprint density at radius 1 is 1.00 bits per heavy atom. The largest absolute Gasteiger partial charge is 0.463 e. The molecule has 146 valence electrons. The summed E-state index contributed by atoms with van der Waals surface area (Å²) in [6, 6.07) is 20.5. The van der Waals surface area contributed by atoms with Crippen molar-refractivity contribution in [2.24, 2.45) is 0 Å². The Balaban J connectivity index is 1.73. The van der Waals surface area contributed by atoms with Gasteiger partial charge >= 0.3 is 0 Å². The zero-order valence-corrected chi connectivity index (χ0v) is 16.3. The highest BCUT2D eigenvalue weighted by atomic mass is 32.2. The molecule has 1 N–H and O–H groups in total. The van der Waals surface area contributed by atoms with Crippen LogP contribution in [0.25, 0.3) is 17.1 Å². The highest BCUT2D eigenvalue weighted by molar-refractivity contribution is 7.90. The third-order valence-corrected chi connectivity index (χ3v) is 5.35. The van der Waals surface area contributed by atoms with Crippen molar-refractivity contribution in [2.75, 3.05) is 11.6 Å². The van der Waals surface area contributed by atoms with Crippen molar-refractivity contribution in [3.8, 4) is 17.1 Å². The fourth-order valence-electron chi connectivity index (χ4n) is 2.85. The molecule has 0 atom stereocenters. The van der Waals surface area contributed by atoms with Crippen molar-refractivity contribution in [1.82, 2.24) is 9.78 Å². The van der Waals surface area contributed by atoms with Gasteiger partial charge in [-0.3, -0.25) is 4.79 Å². The number of furan rings is 1. The molecule has 0 radical (unpaired) electrons. The minimum atomic E-state index is -3.38. The Hall–Kier alpha value is -3.65. The van der Waals surface area contributed by atoms with E-state index in [2.05, 4.69) is 10.4 Å². The standard InChI is InChI=1S/C21H17N3O4S/c1-29(26,27)17-10-5-7-15(13-17)22-21(25)19-14-18(20-11-6-12-28-20)23-24(19)16-8-3-2-4-9-16/h2-14H,1H3,(H,22,25). The average Bonchev–Trinajstić information content (AvgIpc) is 3.38.